The van der Waals surface area contributed by atoms with E-state index in [9.17, 15) is 19.2 Å². The molecular formula is C60H62N8O7. The monoisotopic (exact) mass is 1010 g/mol. The number of nitrogens with one attached hydrogen (secondary N) is 3. The highest BCUT2D eigenvalue weighted by molar-refractivity contribution is 5.96. The summed E-state index contributed by atoms with van der Waals surface area (Å²) in [4.78, 5) is 58.3. The second-order valence-electron chi connectivity index (χ2n) is 18.5. The van der Waals surface area contributed by atoms with Crippen LogP contribution in [0.25, 0.3) is 56.3 Å². The normalized spacial score (nSPS) is 13.6. The number of allylic oxidation sites excluding steroid dienone is 2. The van der Waals surface area contributed by atoms with Crippen molar-refractivity contribution in [3.05, 3.63) is 179 Å². The molecule has 0 radical (unpaired) electrons. The average molecular weight is 1010 g/mol. The lowest BCUT2D eigenvalue weighted by atomic mass is 9.99. The number of nitrogen functional groups attached to an aromatic ring is 2. The van der Waals surface area contributed by atoms with Gasteiger partial charge in [-0.1, -0.05) is 24.3 Å². The predicted octanol–water partition coefficient (Wildman–Crippen LogP) is 9.12. The Morgan fingerprint density at radius 3 is 1.39 bits per heavy atom. The van der Waals surface area contributed by atoms with Gasteiger partial charge in [-0.25, -0.2) is 14.8 Å². The summed E-state index contributed by atoms with van der Waals surface area (Å²) in [6.07, 6.45) is 11.5. The first kappa shape index (κ1) is 52.8. The Labute approximate surface area is 435 Å². The highest BCUT2D eigenvalue weighted by Gasteiger charge is 2.19. The van der Waals surface area contributed by atoms with Crippen molar-refractivity contribution in [2.75, 3.05) is 63.8 Å². The van der Waals surface area contributed by atoms with E-state index < -0.39 is 5.97 Å². The molecule has 2 saturated heterocycles. The van der Waals surface area contributed by atoms with Crippen molar-refractivity contribution in [3.63, 3.8) is 0 Å². The highest BCUT2D eigenvalue weighted by atomic mass is 16.4. The molecular weight excluding hydrogens is 945 g/mol. The van der Waals surface area contributed by atoms with Crippen molar-refractivity contribution < 1.29 is 33.1 Å². The van der Waals surface area contributed by atoms with E-state index in [1.54, 1.807) is 79.2 Å². The van der Waals surface area contributed by atoms with Crippen molar-refractivity contribution in [2.45, 2.75) is 39.5 Å². The van der Waals surface area contributed by atoms with Gasteiger partial charge in [-0.2, -0.15) is 0 Å². The summed E-state index contributed by atoms with van der Waals surface area (Å²) in [6, 6.07) is 33.8. The van der Waals surface area contributed by atoms with Gasteiger partial charge in [-0.15, -0.1) is 0 Å². The Bertz CT molecular complexity index is 3300. The van der Waals surface area contributed by atoms with Crippen molar-refractivity contribution in [3.8, 4) is 22.3 Å². The second kappa shape index (κ2) is 25.4. The SMILES string of the molecule is C1CNCCN1.Cc1cc(-c2ccc(C(=O)N3CCNCC3)cc2)cc2cc(CCC(=O)/C=C/c3ccc(N)nc3)oc12.Cc1cc(-c2ccc(C(=O)O)cc2)cc2cc(CCC(=O)/C=C/c3ccc(N)nc3)oc12. The zero-order valence-corrected chi connectivity index (χ0v) is 42.2. The lowest BCUT2D eigenvalue weighted by Gasteiger charge is -2.27. The van der Waals surface area contributed by atoms with Gasteiger partial charge in [0, 0.05) is 107 Å². The number of piperazine rings is 2. The first-order valence-electron chi connectivity index (χ1n) is 25.1. The number of carbonyl (C=O) groups is 4. The molecule has 0 unspecified atom stereocenters. The van der Waals surface area contributed by atoms with E-state index in [1.165, 1.54) is 0 Å². The fraction of sp³-hybridized carbons (Fsp3) is 0.233. The smallest absolute Gasteiger partial charge is 0.335 e. The van der Waals surface area contributed by atoms with Crippen LogP contribution in [-0.2, 0) is 22.4 Å². The molecule has 0 aliphatic carbocycles. The van der Waals surface area contributed by atoms with Crippen molar-refractivity contribution >= 4 is 69.2 Å². The molecule has 0 bridgehead atoms. The fourth-order valence-corrected chi connectivity index (χ4v) is 8.68. The van der Waals surface area contributed by atoms with E-state index in [2.05, 4.69) is 38.1 Å². The van der Waals surface area contributed by atoms with Crippen molar-refractivity contribution in [1.29, 1.82) is 0 Å². The van der Waals surface area contributed by atoms with Crippen molar-refractivity contribution in [2.24, 2.45) is 0 Å². The van der Waals surface area contributed by atoms with Crippen LogP contribution in [0.5, 0.6) is 0 Å². The third kappa shape index (κ3) is 14.8. The molecule has 0 atom stereocenters. The summed E-state index contributed by atoms with van der Waals surface area (Å²) < 4.78 is 12.1. The van der Waals surface area contributed by atoms with Gasteiger partial charge in [0.05, 0.1) is 5.56 Å². The van der Waals surface area contributed by atoms with Gasteiger partial charge in [0.15, 0.2) is 11.6 Å². The number of hydrogen-bond donors (Lipinski definition) is 6. The second-order valence-corrected chi connectivity index (χ2v) is 18.5. The van der Waals surface area contributed by atoms with E-state index >= 15 is 0 Å². The molecule has 15 heteroatoms. The average Bonchev–Trinajstić information content (AvgIpc) is 4.08. The first-order valence-corrected chi connectivity index (χ1v) is 25.1. The minimum Gasteiger partial charge on any atom is -0.478 e. The molecule has 384 valence electrons. The first-order chi connectivity index (χ1) is 36.3. The molecule has 4 aromatic heterocycles. The lowest BCUT2D eigenvalue weighted by Crippen LogP contribution is -2.46. The van der Waals surface area contributed by atoms with E-state index in [0.29, 0.717) is 42.9 Å². The van der Waals surface area contributed by atoms with Gasteiger partial charge in [-0.3, -0.25) is 14.4 Å². The largest absolute Gasteiger partial charge is 0.478 e. The van der Waals surface area contributed by atoms with Crippen LogP contribution in [0.1, 0.15) is 67.3 Å². The third-order valence-electron chi connectivity index (χ3n) is 12.8. The molecule has 8 aromatic rings. The van der Waals surface area contributed by atoms with Crippen LogP contribution in [0.3, 0.4) is 0 Å². The number of amides is 1. The molecule has 8 N–H and O–H groups in total. The van der Waals surface area contributed by atoms with Crippen LogP contribution in [0.4, 0.5) is 11.6 Å². The number of aromatic nitrogens is 2. The molecule has 2 aliphatic heterocycles. The maximum absolute atomic E-state index is 12.8. The van der Waals surface area contributed by atoms with E-state index in [-0.39, 0.29) is 23.0 Å². The van der Waals surface area contributed by atoms with Gasteiger partial charge in [0.25, 0.3) is 5.91 Å². The third-order valence-corrected chi connectivity index (χ3v) is 12.8. The quantitative estimate of drug-likeness (QED) is 0.0558. The van der Waals surface area contributed by atoms with Crippen LogP contribution in [0.15, 0.2) is 143 Å². The van der Waals surface area contributed by atoms with Gasteiger partial charge in [-0.05, 0) is 168 Å². The number of pyridine rings is 2. The summed E-state index contributed by atoms with van der Waals surface area (Å²) in [5, 5.41) is 20.7. The van der Waals surface area contributed by atoms with Crippen LogP contribution >= 0.6 is 0 Å². The van der Waals surface area contributed by atoms with Gasteiger partial charge >= 0.3 is 5.97 Å². The van der Waals surface area contributed by atoms with Crippen molar-refractivity contribution in [1.82, 2.24) is 30.8 Å². The zero-order valence-electron chi connectivity index (χ0n) is 42.2. The summed E-state index contributed by atoms with van der Waals surface area (Å²) in [5.74, 6) is 1.56. The molecule has 10 rings (SSSR count). The molecule has 6 heterocycles. The Kier molecular flexibility index (Phi) is 17.9. The maximum atomic E-state index is 12.8. The summed E-state index contributed by atoms with van der Waals surface area (Å²) >= 11 is 0. The maximum Gasteiger partial charge on any atom is 0.335 e. The predicted molar refractivity (Wildman–Crippen MR) is 296 cm³/mol. The Morgan fingerprint density at radius 2 is 0.987 bits per heavy atom. The summed E-state index contributed by atoms with van der Waals surface area (Å²) in [5.41, 5.74) is 21.4. The number of hydrogen-bond acceptors (Lipinski definition) is 13. The molecule has 2 aliphatic rings. The van der Waals surface area contributed by atoms with Crippen LogP contribution in [0.2, 0.25) is 0 Å². The number of nitrogens with two attached hydrogens (primary N) is 2. The number of carboxylic acids is 1. The number of carbonyl (C=O) groups excluding carboxylic acids is 3. The Balaban J connectivity index is 0.000000180. The van der Waals surface area contributed by atoms with Crippen LogP contribution < -0.4 is 27.4 Å². The summed E-state index contributed by atoms with van der Waals surface area (Å²) in [7, 11) is 0. The molecule has 1 amide bonds. The topological polar surface area (TPSA) is 232 Å². The van der Waals surface area contributed by atoms with Crippen LogP contribution in [-0.4, -0.2) is 95.8 Å². The van der Waals surface area contributed by atoms with E-state index in [4.69, 9.17) is 25.4 Å². The molecule has 2 fully saturated rings. The number of aryl methyl sites for hydroxylation is 4. The minimum atomic E-state index is -0.947. The molecule has 0 spiro atoms. The highest BCUT2D eigenvalue weighted by Crippen LogP contribution is 2.32. The summed E-state index contributed by atoms with van der Waals surface area (Å²) in [6.45, 7) is 11.7. The van der Waals surface area contributed by atoms with Gasteiger partial charge in [0.2, 0.25) is 0 Å². The van der Waals surface area contributed by atoms with E-state index in [1.807, 2.05) is 73.3 Å². The number of carboxylic acid groups (broad SMARTS) is 1. The minimum absolute atomic E-state index is 0.00166. The van der Waals surface area contributed by atoms with E-state index in [0.717, 1.165) is 130 Å². The Morgan fingerprint density at radius 1 is 0.560 bits per heavy atom. The fourth-order valence-electron chi connectivity index (χ4n) is 8.68. The van der Waals surface area contributed by atoms with Crippen LogP contribution in [0, 0.1) is 13.8 Å². The zero-order chi connectivity index (χ0) is 52.7. The van der Waals surface area contributed by atoms with Gasteiger partial charge < -0.3 is 46.3 Å². The standard InChI is InChI=1S/C30H30N4O3.C26H22N2O4.C4H10N2/c1-20-16-24(22-4-6-23(7-5-22)30(36)34-14-12-32-13-15-34)17-25-18-27(37-29(20)25)10-9-26(35)8-2-21-3-11-28(31)33-19-21;1-16-12-20(18-4-6-19(7-5-18)26(30)31)13-21-14-23(32-25(16)21)10-9-22(29)8-2-17-3-11-24(27)28-15-17;1-2-6-4-3-5-1/h2-8,11,16-19,32H,9-10,12-15H2,1H3,(H2,31,33);2-8,11-15H,9-10H2,1H3,(H2,27,28)(H,30,31);5-6H,1-4H2/b2*8-2+;. The molecule has 0 saturated carbocycles. The number of anilines is 2. The number of rotatable bonds is 14. The van der Waals surface area contributed by atoms with Gasteiger partial charge in [0.1, 0.15) is 34.3 Å². The molecule has 4 aromatic carbocycles. The number of aromatic carboxylic acids is 1. The number of furan rings is 2. The molecule has 15 nitrogen and oxygen atoms in total. The Hall–Kier alpha value is -8.50. The number of benzene rings is 4. The molecule has 75 heavy (non-hydrogen) atoms. The lowest BCUT2D eigenvalue weighted by molar-refractivity contribution is -0.115. The number of nitrogens with zero attached hydrogens (tertiary/aromatic N) is 3. The number of ketones is 2. The number of fused-ring (bicyclic) bond motifs is 2.